The van der Waals surface area contributed by atoms with Gasteiger partial charge in [0.25, 0.3) is 5.91 Å². The average molecular weight is 356 g/mol. The first-order valence-electron chi connectivity index (χ1n) is 8.55. The molecule has 0 atom stereocenters. The van der Waals surface area contributed by atoms with Crippen molar-refractivity contribution in [2.24, 2.45) is 0 Å². The van der Waals surface area contributed by atoms with Crippen LogP contribution in [-0.2, 0) is 16.0 Å². The third-order valence-electron chi connectivity index (χ3n) is 3.58. The summed E-state index contributed by atoms with van der Waals surface area (Å²) in [6, 6.07) is 15.0. The first-order chi connectivity index (χ1) is 12.6. The van der Waals surface area contributed by atoms with Gasteiger partial charge in [0.1, 0.15) is 11.5 Å². The van der Waals surface area contributed by atoms with Crippen molar-refractivity contribution in [3.63, 3.8) is 0 Å². The maximum absolute atomic E-state index is 11.8. The molecular formula is C20H24N2O4. The molecule has 0 aliphatic carbocycles. The number of hydrogen-bond acceptors (Lipinski definition) is 4. The molecule has 0 radical (unpaired) electrons. The molecule has 0 saturated heterocycles. The molecule has 0 aliphatic heterocycles. The van der Waals surface area contributed by atoms with E-state index in [4.69, 9.17) is 9.47 Å². The maximum atomic E-state index is 11.8. The molecule has 2 aromatic rings. The first-order valence-corrected chi connectivity index (χ1v) is 8.55. The number of nitrogens with one attached hydrogen (secondary N) is 2. The van der Waals surface area contributed by atoms with Crippen molar-refractivity contribution >= 4 is 11.8 Å². The number of rotatable bonds is 8. The molecule has 2 aromatic carbocycles. The van der Waals surface area contributed by atoms with Crippen LogP contribution in [0.4, 0.5) is 0 Å². The van der Waals surface area contributed by atoms with Crippen LogP contribution in [0, 0.1) is 6.92 Å². The van der Waals surface area contributed by atoms with Gasteiger partial charge in [-0.1, -0.05) is 24.3 Å². The minimum atomic E-state index is -0.416. The van der Waals surface area contributed by atoms with Gasteiger partial charge in [-0.2, -0.15) is 0 Å². The lowest BCUT2D eigenvalue weighted by molar-refractivity contribution is -0.130. The van der Waals surface area contributed by atoms with Gasteiger partial charge < -0.3 is 9.47 Å². The molecule has 6 heteroatoms. The maximum Gasteiger partial charge on any atom is 0.276 e. The summed E-state index contributed by atoms with van der Waals surface area (Å²) in [6.45, 7) is 4.33. The van der Waals surface area contributed by atoms with Gasteiger partial charge >= 0.3 is 0 Å². The van der Waals surface area contributed by atoms with Crippen molar-refractivity contribution in [2.45, 2.75) is 26.7 Å². The molecule has 26 heavy (non-hydrogen) atoms. The first kappa shape index (κ1) is 19.3. The molecule has 2 amide bonds. The summed E-state index contributed by atoms with van der Waals surface area (Å²) in [4.78, 5) is 23.5. The van der Waals surface area contributed by atoms with E-state index in [1.807, 2.05) is 56.3 Å². The SMILES string of the molecule is CCOc1ccc(CCC(=O)NNC(=O)COc2cccc(C)c2)cc1. The lowest BCUT2D eigenvalue weighted by Crippen LogP contribution is -2.43. The van der Waals surface area contributed by atoms with Crippen LogP contribution in [-0.4, -0.2) is 25.0 Å². The Kier molecular flexibility index (Phi) is 7.49. The minimum absolute atomic E-state index is 0.164. The molecule has 0 fully saturated rings. The number of ether oxygens (including phenoxy) is 2. The topological polar surface area (TPSA) is 76.7 Å². The molecule has 2 rings (SSSR count). The summed E-state index contributed by atoms with van der Waals surface area (Å²) in [6.07, 6.45) is 0.848. The lowest BCUT2D eigenvalue weighted by Gasteiger charge is -2.09. The van der Waals surface area contributed by atoms with Crippen LogP contribution in [0.25, 0.3) is 0 Å². The molecule has 2 N–H and O–H groups in total. The molecular weight excluding hydrogens is 332 g/mol. The molecule has 0 unspecified atom stereocenters. The van der Waals surface area contributed by atoms with Crippen LogP contribution in [0.2, 0.25) is 0 Å². The second kappa shape index (κ2) is 10.1. The Balaban J connectivity index is 1.65. The van der Waals surface area contributed by atoms with Gasteiger partial charge in [-0.25, -0.2) is 0 Å². The van der Waals surface area contributed by atoms with Gasteiger partial charge in [0.15, 0.2) is 6.61 Å². The van der Waals surface area contributed by atoms with E-state index >= 15 is 0 Å². The Bertz CT molecular complexity index is 729. The van der Waals surface area contributed by atoms with E-state index in [0.717, 1.165) is 16.9 Å². The van der Waals surface area contributed by atoms with Crippen molar-refractivity contribution in [3.05, 3.63) is 59.7 Å². The average Bonchev–Trinajstić information content (AvgIpc) is 2.64. The Hall–Kier alpha value is -3.02. The Morgan fingerprint density at radius 1 is 0.923 bits per heavy atom. The van der Waals surface area contributed by atoms with Crippen LogP contribution < -0.4 is 20.3 Å². The number of carbonyl (C=O) groups excluding carboxylic acids is 2. The minimum Gasteiger partial charge on any atom is -0.494 e. The molecule has 6 nitrogen and oxygen atoms in total. The normalized spacial score (nSPS) is 10.1. The number of hydrogen-bond donors (Lipinski definition) is 2. The molecule has 0 aliphatic rings. The monoisotopic (exact) mass is 356 g/mol. The van der Waals surface area contributed by atoms with Gasteiger partial charge in [0.2, 0.25) is 5.91 Å². The van der Waals surface area contributed by atoms with E-state index in [1.54, 1.807) is 6.07 Å². The van der Waals surface area contributed by atoms with Crippen molar-refractivity contribution in [1.29, 1.82) is 0 Å². The quantitative estimate of drug-likeness (QED) is 0.713. The lowest BCUT2D eigenvalue weighted by atomic mass is 10.1. The predicted molar refractivity (Wildman–Crippen MR) is 98.9 cm³/mol. The summed E-state index contributed by atoms with van der Waals surface area (Å²) < 4.78 is 10.7. The van der Waals surface area contributed by atoms with Crippen LogP contribution in [0.5, 0.6) is 11.5 Å². The highest BCUT2D eigenvalue weighted by Crippen LogP contribution is 2.13. The van der Waals surface area contributed by atoms with E-state index in [-0.39, 0.29) is 18.9 Å². The second-order valence-electron chi connectivity index (χ2n) is 5.78. The van der Waals surface area contributed by atoms with Crippen LogP contribution in [0.3, 0.4) is 0 Å². The zero-order chi connectivity index (χ0) is 18.8. The fraction of sp³-hybridized carbons (Fsp3) is 0.300. The zero-order valence-electron chi connectivity index (χ0n) is 15.1. The highest BCUT2D eigenvalue weighted by molar-refractivity contribution is 5.82. The van der Waals surface area contributed by atoms with Crippen molar-refractivity contribution in [3.8, 4) is 11.5 Å². The van der Waals surface area contributed by atoms with E-state index in [9.17, 15) is 9.59 Å². The fourth-order valence-corrected chi connectivity index (χ4v) is 2.27. The molecule has 138 valence electrons. The summed E-state index contributed by atoms with van der Waals surface area (Å²) in [5.41, 5.74) is 6.81. The fourth-order valence-electron chi connectivity index (χ4n) is 2.27. The van der Waals surface area contributed by atoms with Crippen molar-refractivity contribution < 1.29 is 19.1 Å². The van der Waals surface area contributed by atoms with Gasteiger partial charge in [-0.15, -0.1) is 0 Å². The number of benzene rings is 2. The third-order valence-corrected chi connectivity index (χ3v) is 3.58. The summed E-state index contributed by atoms with van der Waals surface area (Å²) in [5, 5.41) is 0. The third kappa shape index (κ3) is 6.84. The van der Waals surface area contributed by atoms with Gasteiger partial charge in [0.05, 0.1) is 6.61 Å². The Morgan fingerprint density at radius 2 is 1.65 bits per heavy atom. The smallest absolute Gasteiger partial charge is 0.276 e. The number of carbonyl (C=O) groups is 2. The van der Waals surface area contributed by atoms with Crippen LogP contribution in [0.1, 0.15) is 24.5 Å². The van der Waals surface area contributed by atoms with E-state index in [2.05, 4.69) is 10.9 Å². The standard InChI is InChI=1S/C20H24N2O4/c1-3-25-17-10-7-16(8-11-17)9-12-19(23)21-22-20(24)14-26-18-6-4-5-15(2)13-18/h4-8,10-11,13H,3,9,12,14H2,1-2H3,(H,21,23)(H,22,24). The van der Waals surface area contributed by atoms with Gasteiger partial charge in [-0.05, 0) is 55.7 Å². The molecule has 0 saturated carbocycles. The Labute approximate surface area is 153 Å². The summed E-state index contributed by atoms with van der Waals surface area (Å²) >= 11 is 0. The largest absolute Gasteiger partial charge is 0.494 e. The highest BCUT2D eigenvalue weighted by Gasteiger charge is 2.06. The van der Waals surface area contributed by atoms with Crippen LogP contribution in [0.15, 0.2) is 48.5 Å². The second-order valence-corrected chi connectivity index (χ2v) is 5.78. The van der Waals surface area contributed by atoms with E-state index in [1.165, 1.54) is 0 Å². The summed E-state index contributed by atoms with van der Waals surface area (Å²) in [7, 11) is 0. The van der Waals surface area contributed by atoms with E-state index in [0.29, 0.717) is 18.8 Å². The molecule has 0 aromatic heterocycles. The zero-order valence-corrected chi connectivity index (χ0v) is 15.1. The van der Waals surface area contributed by atoms with Gasteiger partial charge in [-0.3, -0.25) is 20.4 Å². The number of amides is 2. The van der Waals surface area contributed by atoms with Gasteiger partial charge in [0, 0.05) is 6.42 Å². The van der Waals surface area contributed by atoms with Crippen molar-refractivity contribution in [1.82, 2.24) is 10.9 Å². The number of aryl methyl sites for hydroxylation is 2. The molecule has 0 heterocycles. The van der Waals surface area contributed by atoms with E-state index < -0.39 is 5.91 Å². The summed E-state index contributed by atoms with van der Waals surface area (Å²) in [5.74, 6) is 0.743. The number of hydrazine groups is 1. The molecule has 0 spiro atoms. The van der Waals surface area contributed by atoms with Crippen LogP contribution >= 0.6 is 0 Å². The predicted octanol–water partition coefficient (Wildman–Crippen LogP) is 2.55. The highest BCUT2D eigenvalue weighted by atomic mass is 16.5. The molecule has 0 bridgehead atoms. The van der Waals surface area contributed by atoms with Crippen molar-refractivity contribution in [2.75, 3.05) is 13.2 Å². The Morgan fingerprint density at radius 3 is 2.35 bits per heavy atom.